The predicted molar refractivity (Wildman–Crippen MR) is 106 cm³/mol. The number of thiophene rings is 1. The summed E-state index contributed by atoms with van der Waals surface area (Å²) in [5, 5.41) is 5.64. The smallest absolute Gasteiger partial charge is 0.348 e. The van der Waals surface area contributed by atoms with Crippen LogP contribution in [-0.2, 0) is 30.7 Å². The number of carbonyl (C=O) groups is 1. The molecule has 1 amide bonds. The Balaban J connectivity index is 1.65. The Morgan fingerprint density at radius 3 is 3.00 bits per heavy atom. The van der Waals surface area contributed by atoms with E-state index in [1.54, 1.807) is 11.3 Å². The second kappa shape index (κ2) is 8.83. The molecule has 26 heavy (non-hydrogen) atoms. The van der Waals surface area contributed by atoms with Gasteiger partial charge in [0.15, 0.2) is 0 Å². The number of nitrogens with zero attached hydrogens (tertiary/aromatic N) is 3. The SMILES string of the molecule is CN(C)CCn1c2c(c(SCC(=O)NCc3cccs3)nc1=O)CCC2. The van der Waals surface area contributed by atoms with Crippen LogP contribution in [0.3, 0.4) is 0 Å². The van der Waals surface area contributed by atoms with Crippen LogP contribution in [-0.4, -0.2) is 46.8 Å². The lowest BCUT2D eigenvalue weighted by molar-refractivity contribution is -0.118. The van der Waals surface area contributed by atoms with Crippen molar-refractivity contribution in [1.82, 2.24) is 19.8 Å². The highest BCUT2D eigenvalue weighted by Gasteiger charge is 2.22. The lowest BCUT2D eigenvalue weighted by Crippen LogP contribution is -2.31. The van der Waals surface area contributed by atoms with Crippen molar-refractivity contribution in [1.29, 1.82) is 0 Å². The molecule has 1 aliphatic carbocycles. The van der Waals surface area contributed by atoms with E-state index in [-0.39, 0.29) is 17.3 Å². The Hall–Kier alpha value is -1.64. The number of hydrogen-bond acceptors (Lipinski definition) is 6. The Labute approximate surface area is 161 Å². The summed E-state index contributed by atoms with van der Waals surface area (Å²) in [7, 11) is 4.00. The fourth-order valence-electron chi connectivity index (χ4n) is 3.02. The van der Waals surface area contributed by atoms with Crippen molar-refractivity contribution in [2.24, 2.45) is 0 Å². The average Bonchev–Trinajstić information content (AvgIpc) is 3.28. The maximum atomic E-state index is 12.5. The summed E-state index contributed by atoms with van der Waals surface area (Å²) in [4.78, 5) is 32.0. The number of thioether (sulfide) groups is 1. The van der Waals surface area contributed by atoms with E-state index in [0.717, 1.165) is 47.0 Å². The summed E-state index contributed by atoms with van der Waals surface area (Å²) in [5.41, 5.74) is 2.06. The van der Waals surface area contributed by atoms with E-state index >= 15 is 0 Å². The number of aromatic nitrogens is 2. The van der Waals surface area contributed by atoms with Crippen LogP contribution in [0.1, 0.15) is 22.6 Å². The van der Waals surface area contributed by atoms with Gasteiger partial charge in [0, 0.05) is 29.2 Å². The lowest BCUT2D eigenvalue weighted by atomic mass is 10.2. The maximum Gasteiger partial charge on any atom is 0.348 e. The summed E-state index contributed by atoms with van der Waals surface area (Å²) < 4.78 is 1.81. The average molecular weight is 393 g/mol. The molecule has 1 N–H and O–H groups in total. The molecule has 3 rings (SSSR count). The Morgan fingerprint density at radius 2 is 2.27 bits per heavy atom. The molecule has 2 aromatic rings. The number of amides is 1. The van der Waals surface area contributed by atoms with E-state index in [0.29, 0.717) is 13.1 Å². The van der Waals surface area contributed by atoms with Gasteiger partial charge in [-0.3, -0.25) is 9.36 Å². The number of nitrogens with one attached hydrogen (secondary N) is 1. The first-order chi connectivity index (χ1) is 12.5. The quantitative estimate of drug-likeness (QED) is 0.548. The molecule has 2 heterocycles. The van der Waals surface area contributed by atoms with Crippen LogP contribution in [0.4, 0.5) is 0 Å². The van der Waals surface area contributed by atoms with Crippen molar-refractivity contribution in [3.05, 3.63) is 44.1 Å². The zero-order valence-electron chi connectivity index (χ0n) is 15.2. The molecule has 1 aliphatic rings. The third kappa shape index (κ3) is 4.75. The second-order valence-corrected chi connectivity index (χ2v) is 8.57. The summed E-state index contributed by atoms with van der Waals surface area (Å²) in [6.45, 7) is 2.02. The van der Waals surface area contributed by atoms with Gasteiger partial charge >= 0.3 is 5.69 Å². The molecule has 0 saturated carbocycles. The van der Waals surface area contributed by atoms with Gasteiger partial charge in [-0.2, -0.15) is 4.98 Å². The molecule has 0 unspecified atom stereocenters. The summed E-state index contributed by atoms with van der Waals surface area (Å²) in [6.07, 6.45) is 2.89. The van der Waals surface area contributed by atoms with Crippen molar-refractivity contribution in [2.45, 2.75) is 37.4 Å². The Kier molecular flexibility index (Phi) is 6.50. The lowest BCUT2D eigenvalue weighted by Gasteiger charge is -2.16. The highest BCUT2D eigenvalue weighted by Crippen LogP contribution is 2.29. The zero-order valence-corrected chi connectivity index (χ0v) is 16.8. The number of carbonyl (C=O) groups excluding carboxylic acids is 1. The molecule has 2 aromatic heterocycles. The summed E-state index contributed by atoms with van der Waals surface area (Å²) in [5.74, 6) is 0.250. The molecule has 140 valence electrons. The monoisotopic (exact) mass is 392 g/mol. The van der Waals surface area contributed by atoms with Gasteiger partial charge in [0.2, 0.25) is 5.91 Å². The molecule has 0 saturated heterocycles. The van der Waals surface area contributed by atoms with Crippen molar-refractivity contribution in [2.75, 3.05) is 26.4 Å². The molecule has 0 spiro atoms. The van der Waals surface area contributed by atoms with Crippen LogP contribution < -0.4 is 11.0 Å². The maximum absolute atomic E-state index is 12.5. The van der Waals surface area contributed by atoms with Gasteiger partial charge in [-0.25, -0.2) is 4.79 Å². The van der Waals surface area contributed by atoms with E-state index in [2.05, 4.69) is 15.2 Å². The van der Waals surface area contributed by atoms with Gasteiger partial charge in [-0.1, -0.05) is 17.8 Å². The number of hydrogen-bond donors (Lipinski definition) is 1. The normalized spacial score (nSPS) is 13.2. The number of fused-ring (bicyclic) bond motifs is 1. The van der Waals surface area contributed by atoms with Crippen molar-refractivity contribution in [3.8, 4) is 0 Å². The first kappa shape index (κ1) is 19.1. The first-order valence-electron chi connectivity index (χ1n) is 8.74. The molecule has 0 bridgehead atoms. The topological polar surface area (TPSA) is 67.2 Å². The molecule has 0 atom stereocenters. The summed E-state index contributed by atoms with van der Waals surface area (Å²) in [6, 6.07) is 3.97. The minimum Gasteiger partial charge on any atom is -0.350 e. The van der Waals surface area contributed by atoms with Gasteiger partial charge in [0.25, 0.3) is 0 Å². The highest BCUT2D eigenvalue weighted by atomic mass is 32.2. The van der Waals surface area contributed by atoms with Gasteiger partial charge in [0.1, 0.15) is 5.03 Å². The van der Waals surface area contributed by atoms with Gasteiger partial charge in [0.05, 0.1) is 12.3 Å². The molecule has 0 aromatic carbocycles. The van der Waals surface area contributed by atoms with E-state index in [1.807, 2.05) is 36.2 Å². The van der Waals surface area contributed by atoms with Crippen LogP contribution in [0.15, 0.2) is 27.3 Å². The fourth-order valence-corrected chi connectivity index (χ4v) is 4.57. The molecule has 0 aliphatic heterocycles. The molecule has 0 radical (unpaired) electrons. The van der Waals surface area contributed by atoms with Crippen molar-refractivity contribution < 1.29 is 4.79 Å². The van der Waals surface area contributed by atoms with Gasteiger partial charge in [-0.15, -0.1) is 11.3 Å². The van der Waals surface area contributed by atoms with Gasteiger partial charge < -0.3 is 10.2 Å². The second-order valence-electron chi connectivity index (χ2n) is 6.58. The standard InChI is InChI=1S/C18H24N4O2S2/c1-21(2)8-9-22-15-7-3-6-14(15)17(20-18(22)24)26-12-16(23)19-11-13-5-4-10-25-13/h4-5,10H,3,6-9,11-12H2,1-2H3,(H,19,23). The van der Waals surface area contributed by atoms with Crippen LogP contribution in [0.25, 0.3) is 0 Å². The van der Waals surface area contributed by atoms with Crippen molar-refractivity contribution >= 4 is 29.0 Å². The Morgan fingerprint density at radius 1 is 1.42 bits per heavy atom. The molecular formula is C18H24N4O2S2. The minimum atomic E-state index is -0.200. The molecule has 6 nitrogen and oxygen atoms in total. The molecular weight excluding hydrogens is 368 g/mol. The highest BCUT2D eigenvalue weighted by molar-refractivity contribution is 7.99. The molecule has 0 fully saturated rings. The number of rotatable bonds is 8. The Bertz CT molecular complexity index is 815. The summed E-state index contributed by atoms with van der Waals surface area (Å²) >= 11 is 3.00. The largest absolute Gasteiger partial charge is 0.350 e. The third-order valence-corrected chi connectivity index (χ3v) is 6.25. The first-order valence-corrected chi connectivity index (χ1v) is 10.6. The van der Waals surface area contributed by atoms with Crippen LogP contribution in [0, 0.1) is 0 Å². The number of likely N-dealkylation sites (N-methyl/N-ethyl adjacent to an activating group) is 1. The van der Waals surface area contributed by atoms with E-state index in [1.165, 1.54) is 11.8 Å². The van der Waals surface area contributed by atoms with E-state index in [9.17, 15) is 9.59 Å². The minimum absolute atomic E-state index is 0.0336. The zero-order chi connectivity index (χ0) is 18.5. The third-order valence-electron chi connectivity index (χ3n) is 4.35. The van der Waals surface area contributed by atoms with Crippen LogP contribution >= 0.6 is 23.1 Å². The van der Waals surface area contributed by atoms with Crippen molar-refractivity contribution in [3.63, 3.8) is 0 Å². The van der Waals surface area contributed by atoms with Crippen LogP contribution in [0.5, 0.6) is 0 Å². The van der Waals surface area contributed by atoms with E-state index < -0.39 is 0 Å². The van der Waals surface area contributed by atoms with Gasteiger partial charge in [-0.05, 0) is 44.8 Å². The predicted octanol–water partition coefficient (Wildman–Crippen LogP) is 1.76. The fraction of sp³-hybridized carbons (Fsp3) is 0.500. The molecule has 8 heteroatoms. The van der Waals surface area contributed by atoms with E-state index in [4.69, 9.17) is 0 Å². The van der Waals surface area contributed by atoms with Crippen LogP contribution in [0.2, 0.25) is 0 Å².